The number of hydrogen-bond acceptors (Lipinski definition) is 4. The zero-order valence-electron chi connectivity index (χ0n) is 15.0. The van der Waals surface area contributed by atoms with Crippen LogP contribution in [0.25, 0.3) is 0 Å². The minimum absolute atomic E-state index is 0.131. The molecular formula is C19H26N2O5. The van der Waals surface area contributed by atoms with Crippen LogP contribution in [0.2, 0.25) is 0 Å². The normalized spacial score (nSPS) is 15.3. The van der Waals surface area contributed by atoms with Crippen molar-refractivity contribution in [2.45, 2.75) is 45.1 Å². The Morgan fingerprint density at radius 2 is 1.85 bits per heavy atom. The van der Waals surface area contributed by atoms with Crippen LogP contribution in [0.15, 0.2) is 24.3 Å². The number of carbonyl (C=O) groups excluding carboxylic acids is 2. The maximum absolute atomic E-state index is 12.5. The van der Waals surface area contributed by atoms with E-state index in [1.807, 2.05) is 12.1 Å². The van der Waals surface area contributed by atoms with Gasteiger partial charge in [0.05, 0.1) is 0 Å². The molecule has 142 valence electrons. The molecule has 1 unspecified atom stereocenters. The van der Waals surface area contributed by atoms with E-state index in [0.29, 0.717) is 18.7 Å². The first-order valence-corrected chi connectivity index (χ1v) is 8.94. The molecule has 1 aliphatic carbocycles. The second kappa shape index (κ2) is 9.79. The second-order valence-electron chi connectivity index (χ2n) is 6.59. The fourth-order valence-electron chi connectivity index (χ4n) is 3.24. The number of ether oxygens (including phenoxy) is 1. The minimum Gasteiger partial charge on any atom is -0.482 e. The molecule has 1 saturated carbocycles. The molecule has 2 rings (SSSR count). The van der Waals surface area contributed by atoms with Crippen molar-refractivity contribution in [3.8, 4) is 5.75 Å². The van der Waals surface area contributed by atoms with Crippen molar-refractivity contribution in [3.63, 3.8) is 0 Å². The summed E-state index contributed by atoms with van der Waals surface area (Å²) in [6.45, 7) is 1.53. The molecule has 1 aromatic carbocycles. The lowest BCUT2D eigenvalue weighted by Gasteiger charge is -2.23. The molecule has 0 spiro atoms. The van der Waals surface area contributed by atoms with E-state index in [1.165, 1.54) is 6.92 Å². The highest BCUT2D eigenvalue weighted by atomic mass is 16.5. The summed E-state index contributed by atoms with van der Waals surface area (Å²) >= 11 is 0. The third kappa shape index (κ3) is 6.38. The van der Waals surface area contributed by atoms with E-state index in [0.717, 1.165) is 31.2 Å². The Hall–Kier alpha value is -2.57. The van der Waals surface area contributed by atoms with Gasteiger partial charge in [0.15, 0.2) is 6.61 Å². The summed E-state index contributed by atoms with van der Waals surface area (Å²) in [5, 5.41) is 14.3. The van der Waals surface area contributed by atoms with Gasteiger partial charge in [-0.25, -0.2) is 4.79 Å². The Balaban J connectivity index is 1.80. The summed E-state index contributed by atoms with van der Waals surface area (Å²) in [4.78, 5) is 34.3. The summed E-state index contributed by atoms with van der Waals surface area (Å²) in [6.07, 6.45) is 4.78. The molecule has 3 N–H and O–H groups in total. The molecule has 0 bridgehead atoms. The fourth-order valence-corrected chi connectivity index (χ4v) is 3.24. The van der Waals surface area contributed by atoms with Crippen LogP contribution < -0.4 is 15.4 Å². The number of aliphatic carboxylic acids is 1. The third-order valence-corrected chi connectivity index (χ3v) is 4.51. The standard InChI is InChI=1S/C19H26N2O5/c1-13(22)21-18(15-4-2-3-5-15)19(25)20-11-10-14-6-8-16(9-7-14)26-12-17(23)24/h6-9,15,18H,2-5,10-12H2,1H3,(H,20,25)(H,21,22)(H,23,24). The highest BCUT2D eigenvalue weighted by Crippen LogP contribution is 2.27. The molecule has 26 heavy (non-hydrogen) atoms. The molecular weight excluding hydrogens is 336 g/mol. The molecule has 1 atom stereocenters. The van der Waals surface area contributed by atoms with Gasteiger partial charge in [0.25, 0.3) is 0 Å². The highest BCUT2D eigenvalue weighted by Gasteiger charge is 2.30. The van der Waals surface area contributed by atoms with Crippen LogP contribution in [0.1, 0.15) is 38.2 Å². The van der Waals surface area contributed by atoms with Crippen molar-refractivity contribution in [2.24, 2.45) is 5.92 Å². The molecule has 0 radical (unpaired) electrons. The predicted molar refractivity (Wildman–Crippen MR) is 95.8 cm³/mol. The largest absolute Gasteiger partial charge is 0.482 e. The van der Waals surface area contributed by atoms with Gasteiger partial charge in [0.1, 0.15) is 11.8 Å². The van der Waals surface area contributed by atoms with Crippen molar-refractivity contribution in [1.29, 1.82) is 0 Å². The molecule has 1 aromatic rings. The Morgan fingerprint density at radius 1 is 1.19 bits per heavy atom. The molecule has 1 fully saturated rings. The van der Waals surface area contributed by atoms with E-state index >= 15 is 0 Å². The number of amides is 2. The molecule has 0 heterocycles. The quantitative estimate of drug-likeness (QED) is 0.617. The number of carboxylic acids is 1. The van der Waals surface area contributed by atoms with Gasteiger partial charge in [0.2, 0.25) is 11.8 Å². The zero-order valence-corrected chi connectivity index (χ0v) is 15.0. The summed E-state index contributed by atoms with van der Waals surface area (Å²) in [6, 6.07) is 6.64. The second-order valence-corrected chi connectivity index (χ2v) is 6.59. The third-order valence-electron chi connectivity index (χ3n) is 4.51. The minimum atomic E-state index is -1.02. The lowest BCUT2D eigenvalue weighted by Crippen LogP contribution is -2.50. The van der Waals surface area contributed by atoms with E-state index in [4.69, 9.17) is 9.84 Å². The number of nitrogens with one attached hydrogen (secondary N) is 2. The van der Waals surface area contributed by atoms with Crippen LogP contribution in [0.5, 0.6) is 5.75 Å². The highest BCUT2D eigenvalue weighted by molar-refractivity contribution is 5.87. The summed E-state index contributed by atoms with van der Waals surface area (Å²) in [7, 11) is 0. The van der Waals surface area contributed by atoms with E-state index in [9.17, 15) is 14.4 Å². The van der Waals surface area contributed by atoms with Crippen LogP contribution in [-0.2, 0) is 20.8 Å². The molecule has 7 heteroatoms. The van der Waals surface area contributed by atoms with Crippen molar-refractivity contribution in [2.75, 3.05) is 13.2 Å². The van der Waals surface area contributed by atoms with Gasteiger partial charge in [-0.1, -0.05) is 25.0 Å². The van der Waals surface area contributed by atoms with E-state index < -0.39 is 12.0 Å². The lowest BCUT2D eigenvalue weighted by atomic mass is 9.97. The van der Waals surface area contributed by atoms with E-state index in [-0.39, 0.29) is 24.3 Å². The SMILES string of the molecule is CC(=O)NC(C(=O)NCCc1ccc(OCC(=O)O)cc1)C1CCCC1. The van der Waals surface area contributed by atoms with Crippen molar-refractivity contribution in [3.05, 3.63) is 29.8 Å². The Labute approximate surface area is 153 Å². The summed E-state index contributed by atoms with van der Waals surface area (Å²) in [5.74, 6) is -0.632. The van der Waals surface area contributed by atoms with Crippen molar-refractivity contribution >= 4 is 17.8 Å². The number of benzene rings is 1. The van der Waals surface area contributed by atoms with Crippen molar-refractivity contribution < 1.29 is 24.2 Å². The number of carbonyl (C=O) groups is 3. The smallest absolute Gasteiger partial charge is 0.341 e. The van der Waals surface area contributed by atoms with E-state index in [2.05, 4.69) is 10.6 Å². The number of rotatable bonds is 9. The van der Waals surface area contributed by atoms with Gasteiger partial charge < -0.3 is 20.5 Å². The molecule has 0 saturated heterocycles. The maximum Gasteiger partial charge on any atom is 0.341 e. The first kappa shape index (κ1) is 19.8. The topological polar surface area (TPSA) is 105 Å². The molecule has 7 nitrogen and oxygen atoms in total. The molecule has 1 aliphatic rings. The van der Waals surface area contributed by atoms with Gasteiger partial charge >= 0.3 is 5.97 Å². The first-order chi connectivity index (χ1) is 12.5. The average Bonchev–Trinajstić information content (AvgIpc) is 3.13. The van der Waals surface area contributed by atoms with Crippen LogP contribution in [-0.4, -0.2) is 42.1 Å². The molecule has 0 aromatic heterocycles. The van der Waals surface area contributed by atoms with Gasteiger partial charge in [-0.2, -0.15) is 0 Å². The van der Waals surface area contributed by atoms with Crippen LogP contribution in [0, 0.1) is 5.92 Å². The summed E-state index contributed by atoms with van der Waals surface area (Å²) in [5.41, 5.74) is 1.00. The number of hydrogen-bond donors (Lipinski definition) is 3. The van der Waals surface area contributed by atoms with Crippen LogP contribution in [0.4, 0.5) is 0 Å². The monoisotopic (exact) mass is 362 g/mol. The Morgan fingerprint density at radius 3 is 2.42 bits per heavy atom. The Bertz CT molecular complexity index is 623. The molecule has 2 amide bonds. The zero-order chi connectivity index (χ0) is 18.9. The number of carboxylic acid groups (broad SMARTS) is 1. The van der Waals surface area contributed by atoms with Gasteiger partial charge in [-0.3, -0.25) is 9.59 Å². The lowest BCUT2D eigenvalue weighted by molar-refractivity contribution is -0.139. The fraction of sp³-hybridized carbons (Fsp3) is 0.526. The predicted octanol–water partition coefficient (Wildman–Crippen LogP) is 1.50. The van der Waals surface area contributed by atoms with Gasteiger partial charge in [0, 0.05) is 13.5 Å². The van der Waals surface area contributed by atoms with Gasteiger partial charge in [-0.05, 0) is 42.9 Å². The first-order valence-electron chi connectivity index (χ1n) is 8.94. The van der Waals surface area contributed by atoms with Crippen molar-refractivity contribution in [1.82, 2.24) is 10.6 Å². The van der Waals surface area contributed by atoms with Gasteiger partial charge in [-0.15, -0.1) is 0 Å². The summed E-state index contributed by atoms with van der Waals surface area (Å²) < 4.78 is 5.08. The van der Waals surface area contributed by atoms with Crippen LogP contribution >= 0.6 is 0 Å². The molecule has 0 aliphatic heterocycles. The maximum atomic E-state index is 12.5. The average molecular weight is 362 g/mol. The van der Waals surface area contributed by atoms with Crippen LogP contribution in [0.3, 0.4) is 0 Å². The van der Waals surface area contributed by atoms with E-state index in [1.54, 1.807) is 12.1 Å². The Kier molecular flexibility index (Phi) is 7.44.